The lowest BCUT2D eigenvalue weighted by molar-refractivity contribution is 0.0539. The molecule has 9 nitrogen and oxygen atoms in total. The molecular weight excluding hydrogens is 402 g/mol. The fourth-order valence-electron chi connectivity index (χ4n) is 3.56. The first-order chi connectivity index (χ1) is 14.5. The second-order valence-electron chi connectivity index (χ2n) is 7.02. The van der Waals surface area contributed by atoms with Gasteiger partial charge in [0.05, 0.1) is 21.3 Å². The average molecular weight is 431 g/mol. The molecular formula is C22H29N3O6. The summed E-state index contributed by atoms with van der Waals surface area (Å²) in [5, 5.41) is 2.98. The van der Waals surface area contributed by atoms with Crippen LogP contribution in [0.5, 0.6) is 17.2 Å². The monoisotopic (exact) mass is 431 g/mol. The van der Waals surface area contributed by atoms with Gasteiger partial charge < -0.3 is 35.6 Å². The number of benzene rings is 2. The van der Waals surface area contributed by atoms with Crippen molar-refractivity contribution in [3.63, 3.8) is 0 Å². The third kappa shape index (κ3) is 5.18. The number of carbonyl (C=O) groups is 2. The highest BCUT2D eigenvalue weighted by Gasteiger charge is 2.29. The molecule has 0 bridgehead atoms. The molecule has 168 valence electrons. The molecule has 0 spiro atoms. The van der Waals surface area contributed by atoms with E-state index in [1.54, 1.807) is 41.3 Å². The van der Waals surface area contributed by atoms with Crippen LogP contribution < -0.4 is 25.3 Å². The maximum Gasteiger partial charge on any atom is 0.255 e. The highest BCUT2D eigenvalue weighted by Crippen LogP contribution is 2.38. The second kappa shape index (κ2) is 10.5. The zero-order valence-electron chi connectivity index (χ0n) is 17.9. The van der Waals surface area contributed by atoms with Crippen molar-refractivity contribution >= 4 is 17.5 Å². The molecule has 0 saturated carbocycles. The molecule has 2 aromatic carbocycles. The fraction of sp³-hybridized carbons (Fsp3) is 0.364. The summed E-state index contributed by atoms with van der Waals surface area (Å²) < 4.78 is 16.0. The van der Waals surface area contributed by atoms with Crippen molar-refractivity contribution in [2.45, 2.75) is 25.4 Å². The maximum absolute atomic E-state index is 13.0. The maximum atomic E-state index is 13.0. The molecule has 1 atom stereocenters. The highest BCUT2D eigenvalue weighted by atomic mass is 16.5. The number of piperidine rings is 1. The fourth-order valence-corrected chi connectivity index (χ4v) is 3.56. The number of rotatable bonds is 6. The Kier molecular flexibility index (Phi) is 8.09. The molecule has 31 heavy (non-hydrogen) atoms. The molecule has 0 aromatic heterocycles. The molecule has 1 saturated heterocycles. The number of amides is 2. The van der Waals surface area contributed by atoms with Gasteiger partial charge in [-0.25, -0.2) is 0 Å². The van der Waals surface area contributed by atoms with Gasteiger partial charge in [-0.2, -0.15) is 0 Å². The number of nitrogen functional groups attached to an aromatic ring is 1. The first-order valence-electron chi connectivity index (χ1n) is 9.76. The molecule has 3 rings (SSSR count). The summed E-state index contributed by atoms with van der Waals surface area (Å²) in [6.45, 7) is 0.573. The predicted octanol–water partition coefficient (Wildman–Crippen LogP) is 1.85. The molecule has 1 fully saturated rings. The van der Waals surface area contributed by atoms with Crippen LogP contribution in [0.3, 0.4) is 0 Å². The van der Waals surface area contributed by atoms with Crippen LogP contribution in [0.2, 0.25) is 0 Å². The molecule has 2 aromatic rings. The molecule has 2 amide bonds. The van der Waals surface area contributed by atoms with Crippen LogP contribution in [-0.4, -0.2) is 56.2 Å². The first-order valence-corrected chi connectivity index (χ1v) is 9.76. The van der Waals surface area contributed by atoms with E-state index in [1.165, 1.54) is 21.3 Å². The summed E-state index contributed by atoms with van der Waals surface area (Å²) in [5.41, 5.74) is 7.21. The van der Waals surface area contributed by atoms with Gasteiger partial charge in [0.1, 0.15) is 6.17 Å². The van der Waals surface area contributed by atoms with E-state index >= 15 is 0 Å². The molecule has 0 aliphatic carbocycles. The number of likely N-dealkylation sites (tertiary alicyclic amines) is 1. The summed E-state index contributed by atoms with van der Waals surface area (Å²) in [7, 11) is 4.49. The van der Waals surface area contributed by atoms with Gasteiger partial charge in [0.25, 0.3) is 11.8 Å². The largest absolute Gasteiger partial charge is 0.493 e. The lowest BCUT2D eigenvalue weighted by atomic mass is 10.0. The highest BCUT2D eigenvalue weighted by molar-refractivity contribution is 5.97. The van der Waals surface area contributed by atoms with Crippen LogP contribution in [0.25, 0.3) is 0 Å². The third-order valence-corrected chi connectivity index (χ3v) is 5.15. The van der Waals surface area contributed by atoms with Crippen molar-refractivity contribution in [2.24, 2.45) is 0 Å². The molecule has 1 heterocycles. The van der Waals surface area contributed by atoms with E-state index in [2.05, 4.69) is 5.32 Å². The summed E-state index contributed by atoms with van der Waals surface area (Å²) in [6.07, 6.45) is 2.08. The number of methoxy groups -OCH3 is 3. The Morgan fingerprint density at radius 1 is 0.968 bits per heavy atom. The van der Waals surface area contributed by atoms with E-state index < -0.39 is 6.17 Å². The summed E-state index contributed by atoms with van der Waals surface area (Å²) in [5.74, 6) is 0.733. The second-order valence-corrected chi connectivity index (χ2v) is 7.02. The van der Waals surface area contributed by atoms with Gasteiger partial charge in [-0.15, -0.1) is 0 Å². The number of nitrogens with two attached hydrogens (primary N) is 1. The van der Waals surface area contributed by atoms with E-state index in [0.29, 0.717) is 47.0 Å². The zero-order valence-corrected chi connectivity index (χ0v) is 17.9. The van der Waals surface area contributed by atoms with Crippen molar-refractivity contribution < 1.29 is 29.3 Å². The lowest BCUT2D eigenvalue weighted by Gasteiger charge is -2.36. The third-order valence-electron chi connectivity index (χ3n) is 5.15. The minimum atomic E-state index is -0.407. The minimum absolute atomic E-state index is 0. The van der Waals surface area contributed by atoms with E-state index in [0.717, 1.165) is 12.8 Å². The van der Waals surface area contributed by atoms with Crippen molar-refractivity contribution in [3.05, 3.63) is 47.5 Å². The van der Waals surface area contributed by atoms with Crippen molar-refractivity contribution in [1.29, 1.82) is 0 Å². The number of hydrogen-bond acceptors (Lipinski definition) is 6. The number of hydrogen-bond donors (Lipinski definition) is 2. The normalized spacial score (nSPS) is 15.5. The topological polar surface area (TPSA) is 135 Å². The minimum Gasteiger partial charge on any atom is -0.493 e. The molecule has 5 N–H and O–H groups in total. The van der Waals surface area contributed by atoms with Gasteiger partial charge in [0.15, 0.2) is 11.5 Å². The number of nitrogens with zero attached hydrogens (tertiary/aromatic N) is 1. The molecule has 1 aliphatic rings. The van der Waals surface area contributed by atoms with Crippen molar-refractivity contribution in [3.8, 4) is 17.2 Å². The Hall–Kier alpha value is -3.46. The zero-order chi connectivity index (χ0) is 21.7. The average Bonchev–Trinajstić information content (AvgIpc) is 2.78. The summed E-state index contributed by atoms with van der Waals surface area (Å²) in [6, 6.07) is 9.97. The van der Waals surface area contributed by atoms with Gasteiger partial charge in [-0.1, -0.05) is 0 Å². The van der Waals surface area contributed by atoms with Crippen LogP contribution in [-0.2, 0) is 0 Å². The van der Waals surface area contributed by atoms with E-state index in [1.807, 2.05) is 0 Å². The van der Waals surface area contributed by atoms with Crippen LogP contribution >= 0.6 is 0 Å². The van der Waals surface area contributed by atoms with Crippen LogP contribution in [0.1, 0.15) is 40.0 Å². The van der Waals surface area contributed by atoms with Crippen LogP contribution in [0.4, 0.5) is 5.69 Å². The molecule has 0 radical (unpaired) electrons. The van der Waals surface area contributed by atoms with Crippen LogP contribution in [0, 0.1) is 0 Å². The number of ether oxygens (including phenoxy) is 3. The molecule has 9 heteroatoms. The Bertz CT molecular complexity index is 891. The van der Waals surface area contributed by atoms with Gasteiger partial charge in [0, 0.05) is 23.4 Å². The van der Waals surface area contributed by atoms with Crippen molar-refractivity contribution in [1.82, 2.24) is 10.2 Å². The standard InChI is InChI=1S/C22H27N3O5.H2O/c1-28-17-12-15(13-18(29-2)20(17)30-3)21(26)24-19-6-4-5-11-25(19)22(27)14-7-9-16(23)10-8-14;/h7-10,12-13,19H,4-6,11,23H2,1-3H3,(H,24,26);1H2. The molecule has 1 unspecified atom stereocenters. The Morgan fingerprint density at radius 3 is 2.13 bits per heavy atom. The number of nitrogens with one attached hydrogen (secondary N) is 1. The number of carbonyl (C=O) groups excluding carboxylic acids is 2. The van der Waals surface area contributed by atoms with E-state index in [4.69, 9.17) is 19.9 Å². The molecule has 1 aliphatic heterocycles. The predicted molar refractivity (Wildman–Crippen MR) is 117 cm³/mol. The van der Waals surface area contributed by atoms with Gasteiger partial charge >= 0.3 is 0 Å². The first kappa shape index (κ1) is 23.8. The van der Waals surface area contributed by atoms with Crippen LogP contribution in [0.15, 0.2) is 36.4 Å². The lowest BCUT2D eigenvalue weighted by Crippen LogP contribution is -2.53. The quantitative estimate of drug-likeness (QED) is 0.670. The van der Waals surface area contributed by atoms with Gasteiger partial charge in [-0.3, -0.25) is 9.59 Å². The SMILES string of the molecule is COc1cc(C(=O)NC2CCCCN2C(=O)c2ccc(N)cc2)cc(OC)c1OC.O. The van der Waals surface area contributed by atoms with Crippen molar-refractivity contribution in [2.75, 3.05) is 33.6 Å². The summed E-state index contributed by atoms with van der Waals surface area (Å²) >= 11 is 0. The number of anilines is 1. The van der Waals surface area contributed by atoms with E-state index in [9.17, 15) is 9.59 Å². The van der Waals surface area contributed by atoms with E-state index in [-0.39, 0.29) is 17.3 Å². The van der Waals surface area contributed by atoms with Gasteiger partial charge in [-0.05, 0) is 55.7 Å². The smallest absolute Gasteiger partial charge is 0.255 e. The Morgan fingerprint density at radius 2 is 1.58 bits per heavy atom. The Balaban J connectivity index is 0.00000341. The van der Waals surface area contributed by atoms with Gasteiger partial charge in [0.2, 0.25) is 5.75 Å². The summed E-state index contributed by atoms with van der Waals surface area (Å²) in [4.78, 5) is 27.7. The Labute approximate surface area is 181 Å².